The van der Waals surface area contributed by atoms with Crippen molar-refractivity contribution in [1.82, 2.24) is 9.71 Å². The molecule has 0 fully saturated rings. The minimum absolute atomic E-state index is 0.0403. The van der Waals surface area contributed by atoms with Crippen molar-refractivity contribution in [3.05, 3.63) is 53.9 Å². The van der Waals surface area contributed by atoms with Crippen molar-refractivity contribution >= 4 is 21.6 Å². The first-order valence-electron chi connectivity index (χ1n) is 9.57. The molecule has 0 saturated carbocycles. The zero-order chi connectivity index (χ0) is 23.3. The van der Waals surface area contributed by atoms with E-state index in [0.717, 1.165) is 6.20 Å². The van der Waals surface area contributed by atoms with Gasteiger partial charge in [-0.05, 0) is 32.0 Å². The summed E-state index contributed by atoms with van der Waals surface area (Å²) in [4.78, 5) is 17.7. The van der Waals surface area contributed by atoms with Crippen LogP contribution in [0.5, 0.6) is 0 Å². The molecule has 2 aromatic rings. The molecule has 1 N–H and O–H groups in total. The molecule has 168 valence electrons. The molecular formula is C20H18F3N5O3S. The summed E-state index contributed by atoms with van der Waals surface area (Å²) in [5.74, 6) is -0.817. The molecule has 2 aliphatic heterocycles. The number of alkyl halides is 3. The van der Waals surface area contributed by atoms with Gasteiger partial charge in [0, 0.05) is 23.4 Å². The Hall–Kier alpha value is -3.12. The van der Waals surface area contributed by atoms with E-state index in [1.165, 1.54) is 36.5 Å². The molecule has 8 nitrogen and oxygen atoms in total. The van der Waals surface area contributed by atoms with Crippen LogP contribution in [0, 0.1) is 0 Å². The van der Waals surface area contributed by atoms with Crippen LogP contribution >= 0.6 is 0 Å². The quantitative estimate of drug-likeness (QED) is 0.727. The first-order chi connectivity index (χ1) is 15.0. The predicted octanol–water partition coefficient (Wildman–Crippen LogP) is 3.74. The third kappa shape index (κ3) is 4.15. The summed E-state index contributed by atoms with van der Waals surface area (Å²) in [6, 6.07) is 6.06. The lowest BCUT2D eigenvalue weighted by Gasteiger charge is -2.32. The number of nitrogens with zero attached hydrogens (tertiary/aromatic N) is 4. The van der Waals surface area contributed by atoms with Crippen LogP contribution in [0.4, 0.5) is 18.9 Å². The van der Waals surface area contributed by atoms with Crippen LogP contribution in [0.2, 0.25) is 0 Å². The monoisotopic (exact) mass is 465 g/mol. The first-order valence-corrected chi connectivity index (χ1v) is 11.1. The molecular weight excluding hydrogens is 447 g/mol. The molecule has 0 bridgehead atoms. The number of sulfonamides is 1. The van der Waals surface area contributed by atoms with Crippen LogP contribution in [-0.2, 0) is 14.8 Å². The zero-order valence-corrected chi connectivity index (χ0v) is 17.8. The minimum Gasteiger partial charge on any atom is -0.299 e. The molecule has 1 aromatic heterocycles. The van der Waals surface area contributed by atoms with Gasteiger partial charge in [-0.2, -0.15) is 23.4 Å². The van der Waals surface area contributed by atoms with Crippen LogP contribution in [0.1, 0.15) is 25.5 Å². The Labute approximate surface area is 181 Å². The number of fused-ring (bicyclic) bond motifs is 3. The molecule has 12 heteroatoms. The molecule has 2 aliphatic rings. The number of hydrogen-bond acceptors (Lipinski definition) is 6. The van der Waals surface area contributed by atoms with Crippen LogP contribution in [0.3, 0.4) is 0 Å². The Balaban J connectivity index is 1.74. The number of carbonyl (C=O) groups excluding carboxylic acids is 1. The minimum atomic E-state index is -4.62. The van der Waals surface area contributed by atoms with Gasteiger partial charge < -0.3 is 0 Å². The number of hydrogen-bond donors (Lipinski definition) is 1. The normalized spacial score (nSPS) is 18.1. The maximum absolute atomic E-state index is 13.2. The van der Waals surface area contributed by atoms with Gasteiger partial charge in [-0.25, -0.2) is 13.1 Å². The number of halogens is 3. The lowest BCUT2D eigenvalue weighted by molar-refractivity contribution is -0.130. The van der Waals surface area contributed by atoms with E-state index in [-0.39, 0.29) is 27.9 Å². The van der Waals surface area contributed by atoms with Gasteiger partial charge in [0.05, 0.1) is 28.0 Å². The molecule has 1 aromatic carbocycles. The second-order valence-corrected chi connectivity index (χ2v) is 9.37. The van der Waals surface area contributed by atoms with E-state index in [1.54, 1.807) is 13.8 Å². The fraction of sp³-hybridized carbons (Fsp3) is 0.300. The number of amides is 1. The third-order valence-electron chi connectivity index (χ3n) is 4.85. The summed E-state index contributed by atoms with van der Waals surface area (Å²) in [6.45, 7) is 1.92. The third-order valence-corrected chi connectivity index (χ3v) is 6.53. The van der Waals surface area contributed by atoms with Gasteiger partial charge in [0.25, 0.3) is 5.91 Å². The van der Waals surface area contributed by atoms with E-state index < -0.39 is 34.7 Å². The molecule has 4 rings (SSSR count). The van der Waals surface area contributed by atoms with Crippen molar-refractivity contribution in [2.45, 2.75) is 37.0 Å². The van der Waals surface area contributed by atoms with Gasteiger partial charge in [-0.3, -0.25) is 14.7 Å². The molecule has 0 saturated heterocycles. The summed E-state index contributed by atoms with van der Waals surface area (Å²) in [7, 11) is -3.70. The Morgan fingerprint density at radius 1 is 1.19 bits per heavy atom. The number of azo groups is 1. The number of benzene rings is 1. The SMILES string of the molecule is CC(C)NS(=O)(=O)c1ccc(-c2cc3c(cn2)C2N=NC=C2C(=O)N3CC(F)(F)F)cc1. The Kier molecular flexibility index (Phi) is 5.37. The highest BCUT2D eigenvalue weighted by molar-refractivity contribution is 7.89. The van der Waals surface area contributed by atoms with E-state index in [9.17, 15) is 26.4 Å². The largest absolute Gasteiger partial charge is 0.406 e. The Morgan fingerprint density at radius 3 is 2.50 bits per heavy atom. The highest BCUT2D eigenvalue weighted by Gasteiger charge is 2.43. The summed E-state index contributed by atoms with van der Waals surface area (Å²) in [6.07, 6.45) is -2.08. The fourth-order valence-corrected chi connectivity index (χ4v) is 4.79. The average molecular weight is 465 g/mol. The van der Waals surface area contributed by atoms with Crippen molar-refractivity contribution in [2.75, 3.05) is 11.4 Å². The van der Waals surface area contributed by atoms with Crippen molar-refractivity contribution in [2.24, 2.45) is 10.2 Å². The molecule has 0 spiro atoms. The topological polar surface area (TPSA) is 104 Å². The number of carbonyl (C=O) groups is 1. The van der Waals surface area contributed by atoms with Crippen LogP contribution < -0.4 is 9.62 Å². The van der Waals surface area contributed by atoms with Crippen LogP contribution in [0.25, 0.3) is 11.3 Å². The van der Waals surface area contributed by atoms with E-state index in [1.807, 2.05) is 0 Å². The highest BCUT2D eigenvalue weighted by Crippen LogP contribution is 2.44. The molecule has 32 heavy (non-hydrogen) atoms. The molecule has 1 unspecified atom stereocenters. The molecule has 1 atom stereocenters. The van der Waals surface area contributed by atoms with Crippen molar-refractivity contribution in [3.8, 4) is 11.3 Å². The first kappa shape index (κ1) is 22.1. The number of rotatable bonds is 5. The summed E-state index contributed by atoms with van der Waals surface area (Å²) >= 11 is 0. The number of nitrogens with one attached hydrogen (secondary N) is 1. The molecule has 3 heterocycles. The van der Waals surface area contributed by atoms with Gasteiger partial charge in [0.1, 0.15) is 12.6 Å². The van der Waals surface area contributed by atoms with Gasteiger partial charge in [-0.15, -0.1) is 0 Å². The summed E-state index contributed by atoms with van der Waals surface area (Å²) in [5.41, 5.74) is 1.20. The zero-order valence-electron chi connectivity index (χ0n) is 17.0. The smallest absolute Gasteiger partial charge is 0.299 e. The number of pyridine rings is 1. The number of aromatic nitrogens is 1. The average Bonchev–Trinajstić information content (AvgIpc) is 3.19. The standard InChI is InChI=1S/C20H18F3N5O3S/c1-11(2)27-32(30,31)13-5-3-12(4-6-13)16-7-17-14(8-24-16)18-15(9-25-26-18)19(29)28(17)10-20(21,22)23/h3-9,11,18,27H,10H2,1-2H3. The maximum Gasteiger partial charge on any atom is 0.406 e. The lowest BCUT2D eigenvalue weighted by atomic mass is 9.93. The van der Waals surface area contributed by atoms with Gasteiger partial charge in [-0.1, -0.05) is 12.1 Å². The van der Waals surface area contributed by atoms with Crippen LogP contribution in [-0.4, -0.2) is 38.1 Å². The maximum atomic E-state index is 13.2. The second kappa shape index (κ2) is 7.78. The molecule has 1 amide bonds. The van der Waals surface area contributed by atoms with E-state index in [0.29, 0.717) is 16.0 Å². The number of anilines is 1. The summed E-state index contributed by atoms with van der Waals surface area (Å²) < 4.78 is 66.6. The van der Waals surface area contributed by atoms with Gasteiger partial charge >= 0.3 is 6.18 Å². The molecule has 0 radical (unpaired) electrons. The lowest BCUT2D eigenvalue weighted by Crippen LogP contribution is -2.43. The highest BCUT2D eigenvalue weighted by atomic mass is 32.2. The van der Waals surface area contributed by atoms with Crippen LogP contribution in [0.15, 0.2) is 63.4 Å². The second-order valence-electron chi connectivity index (χ2n) is 7.65. The van der Waals surface area contributed by atoms with Crippen molar-refractivity contribution < 1.29 is 26.4 Å². The fourth-order valence-electron chi connectivity index (χ4n) is 3.54. The predicted molar refractivity (Wildman–Crippen MR) is 109 cm³/mol. The van der Waals surface area contributed by atoms with Gasteiger partial charge in [0.15, 0.2) is 0 Å². The molecule has 0 aliphatic carbocycles. The van der Waals surface area contributed by atoms with Gasteiger partial charge in [0.2, 0.25) is 10.0 Å². The Morgan fingerprint density at radius 2 is 1.88 bits per heavy atom. The van der Waals surface area contributed by atoms with E-state index >= 15 is 0 Å². The van der Waals surface area contributed by atoms with Crippen molar-refractivity contribution in [1.29, 1.82) is 0 Å². The van der Waals surface area contributed by atoms with E-state index in [2.05, 4.69) is 19.9 Å². The van der Waals surface area contributed by atoms with E-state index in [4.69, 9.17) is 0 Å². The summed E-state index contributed by atoms with van der Waals surface area (Å²) in [5, 5.41) is 7.62. The Bertz CT molecular complexity index is 1240. The van der Waals surface area contributed by atoms with Crippen molar-refractivity contribution in [3.63, 3.8) is 0 Å².